The van der Waals surface area contributed by atoms with Crippen molar-refractivity contribution in [3.8, 4) is 5.75 Å². The fraction of sp³-hybridized carbons (Fsp3) is 0.464. The number of ether oxygens (including phenoxy) is 1. The number of pyridine rings is 1. The molecule has 5 rings (SSSR count). The van der Waals surface area contributed by atoms with Crippen LogP contribution in [-0.4, -0.2) is 51.0 Å². The van der Waals surface area contributed by atoms with Crippen molar-refractivity contribution < 1.29 is 23.4 Å². The highest BCUT2D eigenvalue weighted by molar-refractivity contribution is 7.59. The molecule has 3 heterocycles. The lowest BCUT2D eigenvalue weighted by atomic mass is 9.93. The van der Waals surface area contributed by atoms with Gasteiger partial charge in [0.05, 0.1) is 23.6 Å². The van der Waals surface area contributed by atoms with E-state index < -0.39 is 11.9 Å². The standard InChI is InChI=1S/C28H33FN4O4.H2S/c1-18-27(37-17-31-18)16-36-23-7-5-20-14-33(10-9-19(20)11-23)15-22(34)6-8-26(35)24-12-28(30-13-25(24)29)32-21-3-2-4-21;/h5,7,11-13,17,21-22,34H,2-4,6,8-10,14-16H2,1H3,(H,30,32);1H2/t22-;/m0./s1. The van der Waals surface area contributed by atoms with Gasteiger partial charge in [-0.15, -0.1) is 0 Å². The van der Waals surface area contributed by atoms with Gasteiger partial charge in [0.1, 0.15) is 18.2 Å². The van der Waals surface area contributed by atoms with Crippen LogP contribution >= 0.6 is 13.5 Å². The fourth-order valence-electron chi connectivity index (χ4n) is 4.76. The minimum atomic E-state index is -0.671. The number of aromatic nitrogens is 2. The zero-order chi connectivity index (χ0) is 25.8. The van der Waals surface area contributed by atoms with Gasteiger partial charge in [-0.3, -0.25) is 9.69 Å². The van der Waals surface area contributed by atoms with Crippen LogP contribution in [0.1, 0.15) is 65.0 Å². The highest BCUT2D eigenvalue weighted by atomic mass is 32.1. The van der Waals surface area contributed by atoms with E-state index >= 15 is 0 Å². The summed E-state index contributed by atoms with van der Waals surface area (Å²) in [4.78, 5) is 23.0. The number of fused-ring (bicyclic) bond motifs is 1. The molecule has 38 heavy (non-hydrogen) atoms. The Morgan fingerprint density at radius 2 is 2.13 bits per heavy atom. The van der Waals surface area contributed by atoms with Crippen molar-refractivity contribution in [1.29, 1.82) is 0 Å². The van der Waals surface area contributed by atoms with Crippen molar-refractivity contribution in [2.24, 2.45) is 0 Å². The lowest BCUT2D eigenvalue weighted by molar-refractivity contribution is 0.0834. The Hall–Kier alpha value is -2.95. The second-order valence-corrected chi connectivity index (χ2v) is 10.0. The van der Waals surface area contributed by atoms with Crippen LogP contribution < -0.4 is 10.1 Å². The van der Waals surface area contributed by atoms with E-state index in [1.54, 1.807) is 0 Å². The summed E-state index contributed by atoms with van der Waals surface area (Å²) in [6.45, 7) is 4.21. The highest BCUT2D eigenvalue weighted by Gasteiger charge is 2.22. The SMILES string of the molecule is Cc1ncoc1COc1ccc2c(c1)CCN(C[C@@H](O)CCC(=O)c1cc(NC3CCC3)ncc1F)C2.S. The molecular weight excluding hydrogens is 507 g/mol. The van der Waals surface area contributed by atoms with Crippen molar-refractivity contribution in [1.82, 2.24) is 14.9 Å². The number of oxazole rings is 1. The van der Waals surface area contributed by atoms with E-state index in [9.17, 15) is 14.3 Å². The first kappa shape index (κ1) is 28.1. The molecule has 1 saturated carbocycles. The summed E-state index contributed by atoms with van der Waals surface area (Å²) in [5.74, 6) is 1.10. The van der Waals surface area contributed by atoms with Crippen molar-refractivity contribution in [2.45, 2.75) is 70.7 Å². The second-order valence-electron chi connectivity index (χ2n) is 10.0. The summed E-state index contributed by atoms with van der Waals surface area (Å²) in [5.41, 5.74) is 3.29. The van der Waals surface area contributed by atoms with Crippen molar-refractivity contribution in [3.05, 3.63) is 70.8 Å². The van der Waals surface area contributed by atoms with E-state index in [0.29, 0.717) is 30.8 Å². The normalized spacial score (nSPS) is 16.2. The number of carbonyl (C=O) groups is 1. The van der Waals surface area contributed by atoms with Crippen LogP contribution in [0, 0.1) is 12.7 Å². The molecule has 2 aromatic heterocycles. The third kappa shape index (κ3) is 6.92. The van der Waals surface area contributed by atoms with Crippen LogP contribution in [0.25, 0.3) is 0 Å². The molecule has 0 saturated heterocycles. The number of β-amino-alcohol motifs (C(OH)–C–C–N with tert-alkyl or cyclic N) is 1. The van der Waals surface area contributed by atoms with Crippen LogP contribution in [0.3, 0.4) is 0 Å². The van der Waals surface area contributed by atoms with Crippen molar-refractivity contribution in [3.63, 3.8) is 0 Å². The summed E-state index contributed by atoms with van der Waals surface area (Å²) >= 11 is 0. The number of anilines is 1. The Morgan fingerprint density at radius 1 is 1.29 bits per heavy atom. The zero-order valence-electron chi connectivity index (χ0n) is 21.6. The number of carbonyl (C=O) groups excluding carboxylic acids is 1. The van der Waals surface area contributed by atoms with Crippen LogP contribution in [-0.2, 0) is 19.6 Å². The first-order chi connectivity index (χ1) is 17.9. The molecule has 3 aromatic rings. The molecule has 0 spiro atoms. The van der Waals surface area contributed by atoms with Gasteiger partial charge in [-0.05, 0) is 68.4 Å². The fourth-order valence-corrected chi connectivity index (χ4v) is 4.76. The van der Waals surface area contributed by atoms with E-state index in [4.69, 9.17) is 9.15 Å². The minimum Gasteiger partial charge on any atom is -0.486 e. The molecule has 204 valence electrons. The number of rotatable bonds is 11. The van der Waals surface area contributed by atoms with Gasteiger partial charge in [-0.1, -0.05) is 6.07 Å². The molecule has 0 bridgehead atoms. The Balaban J connectivity index is 0.00000336. The van der Waals surface area contributed by atoms with Gasteiger partial charge in [-0.2, -0.15) is 13.5 Å². The van der Waals surface area contributed by atoms with Gasteiger partial charge in [-0.25, -0.2) is 14.4 Å². The number of halogens is 1. The van der Waals surface area contributed by atoms with Gasteiger partial charge in [0.15, 0.2) is 23.8 Å². The molecule has 0 amide bonds. The summed E-state index contributed by atoms with van der Waals surface area (Å²) in [6.07, 6.45) is 6.36. The number of ketones is 1. The lowest BCUT2D eigenvalue weighted by Gasteiger charge is -2.30. The van der Waals surface area contributed by atoms with Gasteiger partial charge in [0.25, 0.3) is 0 Å². The quantitative estimate of drug-likeness (QED) is 0.340. The third-order valence-electron chi connectivity index (χ3n) is 7.27. The molecule has 1 aromatic carbocycles. The average Bonchev–Trinajstić information content (AvgIpc) is 3.28. The van der Waals surface area contributed by atoms with E-state index in [2.05, 4.69) is 32.3 Å². The van der Waals surface area contributed by atoms with Gasteiger partial charge < -0.3 is 19.6 Å². The number of hydrogen-bond donors (Lipinski definition) is 2. The van der Waals surface area contributed by atoms with Gasteiger partial charge >= 0.3 is 0 Å². The number of aliphatic hydroxyl groups is 1. The Kier molecular flexibility index (Phi) is 9.40. The molecule has 2 N–H and O–H groups in total. The first-order valence-corrected chi connectivity index (χ1v) is 12.9. The Morgan fingerprint density at radius 3 is 2.87 bits per heavy atom. The maximum atomic E-state index is 14.3. The second kappa shape index (κ2) is 12.7. The number of nitrogens with zero attached hydrogens (tertiary/aromatic N) is 3. The predicted molar refractivity (Wildman–Crippen MR) is 146 cm³/mol. The van der Waals surface area contributed by atoms with Crippen molar-refractivity contribution in [2.75, 3.05) is 18.4 Å². The molecule has 10 heteroatoms. The van der Waals surface area contributed by atoms with Crippen LogP contribution in [0.15, 0.2) is 41.3 Å². The van der Waals surface area contributed by atoms with Crippen LogP contribution in [0.4, 0.5) is 10.2 Å². The molecule has 0 unspecified atom stereocenters. The molecular formula is C28H35FN4O4S. The summed E-state index contributed by atoms with van der Waals surface area (Å²) in [5, 5.41) is 13.9. The van der Waals surface area contributed by atoms with E-state index in [1.165, 1.54) is 30.0 Å². The Labute approximate surface area is 229 Å². The van der Waals surface area contributed by atoms with Crippen molar-refractivity contribution >= 4 is 25.1 Å². The topological polar surface area (TPSA) is 101 Å². The largest absolute Gasteiger partial charge is 0.486 e. The number of aliphatic hydroxyl groups excluding tert-OH is 1. The molecule has 0 radical (unpaired) electrons. The highest BCUT2D eigenvalue weighted by Crippen LogP contribution is 2.26. The predicted octanol–water partition coefficient (Wildman–Crippen LogP) is 4.56. The molecule has 1 aliphatic heterocycles. The summed E-state index contributed by atoms with van der Waals surface area (Å²) < 4.78 is 25.5. The maximum Gasteiger partial charge on any atom is 0.181 e. The molecule has 8 nitrogen and oxygen atoms in total. The Bertz CT molecular complexity index is 1250. The average molecular weight is 543 g/mol. The van der Waals surface area contributed by atoms with Crippen LogP contribution in [0.2, 0.25) is 0 Å². The van der Waals surface area contributed by atoms with E-state index in [-0.39, 0.29) is 37.7 Å². The summed E-state index contributed by atoms with van der Waals surface area (Å²) in [7, 11) is 0. The number of nitrogens with one attached hydrogen (secondary N) is 1. The first-order valence-electron chi connectivity index (χ1n) is 12.9. The minimum absolute atomic E-state index is 0. The molecule has 1 fully saturated rings. The molecule has 1 aliphatic carbocycles. The van der Waals surface area contributed by atoms with Crippen LogP contribution in [0.5, 0.6) is 5.75 Å². The number of Topliss-reactive ketones (excluding diaryl/α,β-unsaturated/α-hetero) is 1. The van der Waals surface area contributed by atoms with Gasteiger partial charge in [0, 0.05) is 32.1 Å². The summed E-state index contributed by atoms with van der Waals surface area (Å²) in [6, 6.07) is 7.90. The smallest absolute Gasteiger partial charge is 0.181 e. The number of hydrogen-bond acceptors (Lipinski definition) is 8. The molecule has 2 aliphatic rings. The molecule has 1 atom stereocenters. The van der Waals surface area contributed by atoms with E-state index in [0.717, 1.165) is 50.0 Å². The zero-order valence-corrected chi connectivity index (χ0v) is 22.6. The monoisotopic (exact) mass is 542 g/mol. The van der Waals surface area contributed by atoms with E-state index in [1.807, 2.05) is 13.0 Å². The maximum absolute atomic E-state index is 14.3. The number of aryl methyl sites for hydroxylation is 1. The number of benzene rings is 1. The third-order valence-corrected chi connectivity index (χ3v) is 7.27. The lowest BCUT2D eigenvalue weighted by Crippen LogP contribution is -2.36. The van der Waals surface area contributed by atoms with Gasteiger partial charge in [0.2, 0.25) is 0 Å².